The van der Waals surface area contributed by atoms with E-state index in [4.69, 9.17) is 27.5 Å². The van der Waals surface area contributed by atoms with E-state index in [1.54, 1.807) is 6.07 Å². The summed E-state index contributed by atoms with van der Waals surface area (Å²) in [5.41, 5.74) is 8.22. The van der Waals surface area contributed by atoms with Gasteiger partial charge in [0.15, 0.2) is 0 Å². The van der Waals surface area contributed by atoms with Crippen molar-refractivity contribution in [1.82, 2.24) is 0 Å². The summed E-state index contributed by atoms with van der Waals surface area (Å²) in [6, 6.07) is 13.6. The third-order valence-electron chi connectivity index (χ3n) is 3.56. The molecule has 3 N–H and O–H groups in total. The number of benzene rings is 2. The van der Waals surface area contributed by atoms with Gasteiger partial charge in [-0.3, -0.25) is 5.41 Å². The Balaban J connectivity index is 1.91. The maximum Gasteiger partial charge on any atom is 0.124 e. The van der Waals surface area contributed by atoms with Gasteiger partial charge in [-0.05, 0) is 24.3 Å². The number of para-hydroxylation sites is 1. The lowest BCUT2D eigenvalue weighted by atomic mass is 10.1. The largest absolute Gasteiger partial charge is 0.491 e. The Morgan fingerprint density at radius 3 is 2.81 bits per heavy atom. The first-order valence-corrected chi connectivity index (χ1v) is 7.12. The molecule has 3 rings (SSSR count). The quantitative estimate of drug-likeness (QED) is 0.662. The lowest BCUT2D eigenvalue weighted by Gasteiger charge is -2.22. The number of hydrogen-bond donors (Lipinski definition) is 2. The Morgan fingerprint density at radius 1 is 1.24 bits per heavy atom. The molecule has 1 heterocycles. The Bertz CT molecular complexity index is 687. The number of nitrogens with zero attached hydrogens (tertiary/aromatic N) is 1. The molecule has 0 bridgehead atoms. The highest BCUT2D eigenvalue weighted by molar-refractivity contribution is 6.34. The van der Waals surface area contributed by atoms with Crippen LogP contribution in [0.25, 0.3) is 0 Å². The van der Waals surface area contributed by atoms with Crippen molar-refractivity contribution in [3.8, 4) is 5.75 Å². The third kappa shape index (κ3) is 2.81. The van der Waals surface area contributed by atoms with Crippen LogP contribution in [0.15, 0.2) is 42.5 Å². The van der Waals surface area contributed by atoms with E-state index >= 15 is 0 Å². The Labute approximate surface area is 128 Å². The molecule has 0 unspecified atom stereocenters. The molecule has 1 aliphatic rings. The van der Waals surface area contributed by atoms with Crippen LogP contribution in [-0.4, -0.2) is 19.0 Å². The van der Waals surface area contributed by atoms with E-state index in [1.165, 1.54) is 0 Å². The number of nitrogens with one attached hydrogen (secondary N) is 1. The molecule has 0 aromatic heterocycles. The molecule has 108 valence electrons. The Morgan fingerprint density at radius 2 is 2.05 bits per heavy atom. The van der Waals surface area contributed by atoms with Crippen molar-refractivity contribution in [3.05, 3.63) is 58.6 Å². The standard InChI is InChI=1S/C16H16ClN3O/c17-14-9-12(5-6-13(14)16(18)19)20-7-8-21-15-4-2-1-3-11(15)10-20/h1-6,9H,7-8,10H2,(H3,18,19). The van der Waals surface area contributed by atoms with E-state index in [2.05, 4.69) is 11.0 Å². The molecule has 0 aliphatic carbocycles. The molecule has 0 radical (unpaired) electrons. The number of ether oxygens (including phenoxy) is 1. The summed E-state index contributed by atoms with van der Waals surface area (Å²) in [6.45, 7) is 2.18. The molecule has 0 atom stereocenters. The number of amidine groups is 1. The molecule has 0 amide bonds. The maximum atomic E-state index is 7.48. The lowest BCUT2D eigenvalue weighted by molar-refractivity contribution is 0.331. The zero-order valence-electron chi connectivity index (χ0n) is 11.5. The van der Waals surface area contributed by atoms with Crippen molar-refractivity contribution in [2.45, 2.75) is 6.54 Å². The van der Waals surface area contributed by atoms with Gasteiger partial charge < -0.3 is 15.4 Å². The van der Waals surface area contributed by atoms with Crippen LogP contribution in [0.4, 0.5) is 5.69 Å². The SMILES string of the molecule is N=C(N)c1ccc(N2CCOc3ccccc3C2)cc1Cl. The minimum absolute atomic E-state index is 0.0175. The summed E-state index contributed by atoms with van der Waals surface area (Å²) in [7, 11) is 0. The molecule has 0 saturated heterocycles. The normalized spacial score (nSPS) is 14.0. The Hall–Kier alpha value is -2.20. The number of rotatable bonds is 2. The molecular formula is C16H16ClN3O. The monoisotopic (exact) mass is 301 g/mol. The minimum Gasteiger partial charge on any atom is -0.491 e. The molecular weight excluding hydrogens is 286 g/mol. The highest BCUT2D eigenvalue weighted by atomic mass is 35.5. The average Bonchev–Trinajstić information content (AvgIpc) is 2.68. The van der Waals surface area contributed by atoms with Crippen LogP contribution >= 0.6 is 11.6 Å². The van der Waals surface area contributed by atoms with E-state index in [9.17, 15) is 0 Å². The van der Waals surface area contributed by atoms with Gasteiger partial charge in [0, 0.05) is 23.4 Å². The van der Waals surface area contributed by atoms with E-state index < -0.39 is 0 Å². The maximum absolute atomic E-state index is 7.48. The molecule has 2 aromatic carbocycles. The van der Waals surface area contributed by atoms with Crippen LogP contribution in [0.2, 0.25) is 5.02 Å². The number of anilines is 1. The second-order valence-corrected chi connectivity index (χ2v) is 5.36. The number of nitrogens with two attached hydrogens (primary N) is 1. The van der Waals surface area contributed by atoms with Gasteiger partial charge in [-0.1, -0.05) is 29.8 Å². The first-order chi connectivity index (χ1) is 10.1. The van der Waals surface area contributed by atoms with Gasteiger partial charge in [0.05, 0.1) is 11.6 Å². The zero-order valence-corrected chi connectivity index (χ0v) is 12.2. The summed E-state index contributed by atoms with van der Waals surface area (Å²) < 4.78 is 5.76. The smallest absolute Gasteiger partial charge is 0.124 e. The predicted octanol–water partition coefficient (Wildman–Crippen LogP) is 3.02. The van der Waals surface area contributed by atoms with Gasteiger partial charge in [-0.15, -0.1) is 0 Å². The average molecular weight is 302 g/mol. The van der Waals surface area contributed by atoms with Crippen LogP contribution in [-0.2, 0) is 6.54 Å². The molecule has 5 heteroatoms. The summed E-state index contributed by atoms with van der Waals surface area (Å²) in [5, 5.41) is 7.98. The molecule has 4 nitrogen and oxygen atoms in total. The summed E-state index contributed by atoms with van der Waals surface area (Å²) >= 11 is 6.21. The van der Waals surface area contributed by atoms with Crippen LogP contribution in [0.1, 0.15) is 11.1 Å². The first kappa shape index (κ1) is 13.8. The van der Waals surface area contributed by atoms with Gasteiger partial charge in [0.1, 0.15) is 18.2 Å². The van der Waals surface area contributed by atoms with Crippen molar-refractivity contribution in [3.63, 3.8) is 0 Å². The second-order valence-electron chi connectivity index (χ2n) is 4.96. The topological polar surface area (TPSA) is 62.3 Å². The molecule has 21 heavy (non-hydrogen) atoms. The van der Waals surface area contributed by atoms with Crippen LogP contribution in [0, 0.1) is 5.41 Å². The Kier molecular flexibility index (Phi) is 3.71. The van der Waals surface area contributed by atoms with Crippen LogP contribution < -0.4 is 15.4 Å². The van der Waals surface area contributed by atoms with Crippen LogP contribution in [0.5, 0.6) is 5.75 Å². The highest BCUT2D eigenvalue weighted by Gasteiger charge is 2.16. The van der Waals surface area contributed by atoms with E-state index in [0.717, 1.165) is 30.1 Å². The van der Waals surface area contributed by atoms with Crippen LogP contribution in [0.3, 0.4) is 0 Å². The molecule has 0 spiro atoms. The first-order valence-electron chi connectivity index (χ1n) is 6.75. The summed E-state index contributed by atoms with van der Waals surface area (Å²) in [5.74, 6) is 0.919. The van der Waals surface area contributed by atoms with E-state index in [-0.39, 0.29) is 5.84 Å². The van der Waals surface area contributed by atoms with Crippen molar-refractivity contribution in [2.24, 2.45) is 5.73 Å². The summed E-state index contributed by atoms with van der Waals surface area (Å²) in [6.07, 6.45) is 0. The van der Waals surface area contributed by atoms with Crippen molar-refractivity contribution < 1.29 is 4.74 Å². The van der Waals surface area contributed by atoms with Crippen molar-refractivity contribution >= 4 is 23.1 Å². The minimum atomic E-state index is -0.0175. The van der Waals surface area contributed by atoms with Gasteiger partial charge in [0.25, 0.3) is 0 Å². The second kappa shape index (κ2) is 5.66. The van der Waals surface area contributed by atoms with E-state index in [0.29, 0.717) is 17.2 Å². The zero-order chi connectivity index (χ0) is 14.8. The highest BCUT2D eigenvalue weighted by Crippen LogP contribution is 2.28. The van der Waals surface area contributed by atoms with Crippen molar-refractivity contribution in [1.29, 1.82) is 5.41 Å². The fraction of sp³-hybridized carbons (Fsp3) is 0.188. The third-order valence-corrected chi connectivity index (χ3v) is 3.87. The molecule has 2 aromatic rings. The molecule has 0 fully saturated rings. The number of hydrogen-bond acceptors (Lipinski definition) is 3. The number of fused-ring (bicyclic) bond motifs is 1. The predicted molar refractivity (Wildman–Crippen MR) is 85.5 cm³/mol. The fourth-order valence-corrected chi connectivity index (χ4v) is 2.74. The molecule has 0 saturated carbocycles. The number of nitrogen functional groups attached to an aromatic ring is 1. The van der Waals surface area contributed by atoms with Crippen molar-refractivity contribution in [2.75, 3.05) is 18.1 Å². The molecule has 1 aliphatic heterocycles. The lowest BCUT2D eigenvalue weighted by Crippen LogP contribution is -2.25. The fourth-order valence-electron chi connectivity index (χ4n) is 2.47. The van der Waals surface area contributed by atoms with Gasteiger partial charge in [-0.25, -0.2) is 0 Å². The van der Waals surface area contributed by atoms with Gasteiger partial charge >= 0.3 is 0 Å². The van der Waals surface area contributed by atoms with Gasteiger partial charge in [-0.2, -0.15) is 0 Å². The van der Waals surface area contributed by atoms with Gasteiger partial charge in [0.2, 0.25) is 0 Å². The number of halogens is 1. The summed E-state index contributed by atoms with van der Waals surface area (Å²) in [4.78, 5) is 2.21. The van der Waals surface area contributed by atoms with E-state index in [1.807, 2.05) is 30.3 Å².